The van der Waals surface area contributed by atoms with Gasteiger partial charge in [0.05, 0.1) is 6.54 Å². The lowest BCUT2D eigenvalue weighted by atomic mass is 9.99. The largest absolute Gasteiger partial charge is 0.447 e. The van der Waals surface area contributed by atoms with Crippen molar-refractivity contribution < 1.29 is 12.8 Å². The fourth-order valence-electron chi connectivity index (χ4n) is 1.45. The van der Waals surface area contributed by atoms with Crippen molar-refractivity contribution in [2.45, 2.75) is 52.3 Å². The molecule has 20 heavy (non-hydrogen) atoms. The predicted molar refractivity (Wildman–Crippen MR) is 79.9 cm³/mol. The van der Waals surface area contributed by atoms with Gasteiger partial charge in [-0.2, -0.15) is 0 Å². The molecule has 1 unspecified atom stereocenters. The molecule has 0 saturated carbocycles. The topological polar surface area (TPSA) is 71.3 Å². The fourth-order valence-corrected chi connectivity index (χ4v) is 2.54. The van der Waals surface area contributed by atoms with Crippen LogP contribution in [0.4, 0.5) is 0 Å². The Morgan fingerprint density at radius 2 is 1.80 bits per heavy atom. The molecule has 1 rings (SSSR count). The number of hydrogen-bond donors (Lipinski definition) is 2. The van der Waals surface area contributed by atoms with E-state index < -0.39 is 10.0 Å². The van der Waals surface area contributed by atoms with Crippen LogP contribution in [0.3, 0.4) is 0 Å². The lowest BCUT2D eigenvalue weighted by Crippen LogP contribution is -2.30. The third kappa shape index (κ3) is 5.26. The molecule has 0 radical (unpaired) electrons. The highest BCUT2D eigenvalue weighted by atomic mass is 32.2. The van der Waals surface area contributed by atoms with E-state index in [9.17, 15) is 8.42 Å². The van der Waals surface area contributed by atoms with Crippen molar-refractivity contribution >= 4 is 10.0 Å². The quantitative estimate of drug-likeness (QED) is 0.773. The summed E-state index contributed by atoms with van der Waals surface area (Å²) in [4.78, 5) is 0. The van der Waals surface area contributed by atoms with Gasteiger partial charge in [-0.05, 0) is 24.0 Å². The van der Waals surface area contributed by atoms with Gasteiger partial charge in [-0.1, -0.05) is 34.6 Å². The normalized spacial score (nSPS) is 14.2. The molecule has 0 aliphatic heterocycles. The van der Waals surface area contributed by atoms with Crippen LogP contribution in [0.1, 0.15) is 40.4 Å². The lowest BCUT2D eigenvalue weighted by Gasteiger charge is -2.15. The monoisotopic (exact) mass is 302 g/mol. The molecule has 0 bridgehead atoms. The Labute approximate surface area is 122 Å². The molecule has 116 valence electrons. The van der Waals surface area contributed by atoms with E-state index in [0.29, 0.717) is 30.8 Å². The van der Waals surface area contributed by atoms with Crippen molar-refractivity contribution in [1.29, 1.82) is 0 Å². The smallest absolute Gasteiger partial charge is 0.273 e. The van der Waals surface area contributed by atoms with E-state index in [1.165, 1.54) is 6.07 Å². The third-order valence-corrected chi connectivity index (χ3v) is 4.62. The van der Waals surface area contributed by atoms with Crippen molar-refractivity contribution in [3.63, 3.8) is 0 Å². The Morgan fingerprint density at radius 3 is 2.35 bits per heavy atom. The Kier molecular flexibility index (Phi) is 6.23. The second kappa shape index (κ2) is 7.24. The second-order valence-corrected chi connectivity index (χ2v) is 7.53. The summed E-state index contributed by atoms with van der Waals surface area (Å²) in [6.45, 7) is 11.1. The van der Waals surface area contributed by atoms with Crippen molar-refractivity contribution in [3.8, 4) is 0 Å². The van der Waals surface area contributed by atoms with Gasteiger partial charge in [-0.25, -0.2) is 13.1 Å². The van der Waals surface area contributed by atoms with Crippen molar-refractivity contribution in [3.05, 3.63) is 17.9 Å². The van der Waals surface area contributed by atoms with E-state index >= 15 is 0 Å². The summed E-state index contributed by atoms with van der Waals surface area (Å²) < 4.78 is 32.1. The van der Waals surface area contributed by atoms with Crippen LogP contribution in [-0.4, -0.2) is 21.0 Å². The highest BCUT2D eigenvalue weighted by molar-refractivity contribution is 7.89. The summed E-state index contributed by atoms with van der Waals surface area (Å²) >= 11 is 0. The SMILES string of the molecule is CC(C)NCc1ccc(S(=O)(=O)NCC(C)C(C)C)o1. The first-order chi connectivity index (χ1) is 9.22. The highest BCUT2D eigenvalue weighted by Crippen LogP contribution is 2.15. The molecule has 1 aromatic rings. The molecule has 1 atom stereocenters. The van der Waals surface area contributed by atoms with Crippen LogP contribution >= 0.6 is 0 Å². The van der Waals surface area contributed by atoms with Gasteiger partial charge in [0.1, 0.15) is 5.76 Å². The number of sulfonamides is 1. The van der Waals surface area contributed by atoms with E-state index in [-0.39, 0.29) is 11.0 Å². The molecule has 1 heterocycles. The number of rotatable bonds is 8. The van der Waals surface area contributed by atoms with Crippen LogP contribution in [0.15, 0.2) is 21.6 Å². The Balaban J connectivity index is 2.64. The molecular formula is C14H26N2O3S. The molecule has 6 heteroatoms. The zero-order chi connectivity index (χ0) is 15.3. The molecular weight excluding hydrogens is 276 g/mol. The minimum absolute atomic E-state index is 0.0194. The first-order valence-electron chi connectivity index (χ1n) is 7.04. The zero-order valence-corrected chi connectivity index (χ0v) is 13.8. The third-order valence-electron chi connectivity index (χ3n) is 3.32. The molecule has 0 aliphatic rings. The average molecular weight is 302 g/mol. The number of nitrogens with one attached hydrogen (secondary N) is 2. The molecule has 2 N–H and O–H groups in total. The van der Waals surface area contributed by atoms with Gasteiger partial charge < -0.3 is 9.73 Å². The van der Waals surface area contributed by atoms with Gasteiger partial charge in [0, 0.05) is 12.6 Å². The minimum atomic E-state index is -3.55. The molecule has 0 spiro atoms. The van der Waals surface area contributed by atoms with E-state index in [1.807, 2.05) is 20.8 Å². The minimum Gasteiger partial charge on any atom is -0.447 e. The molecule has 1 aromatic heterocycles. The van der Waals surface area contributed by atoms with E-state index in [0.717, 1.165) is 0 Å². The van der Waals surface area contributed by atoms with E-state index in [2.05, 4.69) is 23.9 Å². The van der Waals surface area contributed by atoms with Gasteiger partial charge >= 0.3 is 0 Å². The summed E-state index contributed by atoms with van der Waals surface area (Å²) in [5.41, 5.74) is 0. The standard InChI is InChI=1S/C14H26N2O3S/c1-10(2)12(5)8-16-20(17,18)14-7-6-13(19-14)9-15-11(3)4/h6-7,10-12,15-16H,8-9H2,1-5H3. The van der Waals surface area contributed by atoms with Gasteiger partial charge in [-0.3, -0.25) is 0 Å². The van der Waals surface area contributed by atoms with Gasteiger partial charge in [-0.15, -0.1) is 0 Å². The molecule has 0 saturated heterocycles. The Hall–Kier alpha value is -0.850. The summed E-state index contributed by atoms with van der Waals surface area (Å²) in [5, 5.41) is 3.16. The zero-order valence-electron chi connectivity index (χ0n) is 12.9. The molecule has 0 amide bonds. The highest BCUT2D eigenvalue weighted by Gasteiger charge is 2.20. The number of hydrogen-bond acceptors (Lipinski definition) is 4. The summed E-state index contributed by atoms with van der Waals surface area (Å²) in [5.74, 6) is 1.33. The van der Waals surface area contributed by atoms with Crippen LogP contribution in [0.5, 0.6) is 0 Å². The van der Waals surface area contributed by atoms with Crippen molar-refractivity contribution in [2.75, 3.05) is 6.54 Å². The maximum absolute atomic E-state index is 12.1. The van der Waals surface area contributed by atoms with Crippen LogP contribution in [0.2, 0.25) is 0 Å². The first-order valence-corrected chi connectivity index (χ1v) is 8.52. The molecule has 0 aliphatic carbocycles. The first kappa shape index (κ1) is 17.2. The van der Waals surface area contributed by atoms with Crippen LogP contribution in [0, 0.1) is 11.8 Å². The van der Waals surface area contributed by atoms with Crippen LogP contribution < -0.4 is 10.0 Å². The van der Waals surface area contributed by atoms with Gasteiger partial charge in [0.15, 0.2) is 0 Å². The summed E-state index contributed by atoms with van der Waals surface area (Å²) in [7, 11) is -3.55. The maximum atomic E-state index is 12.1. The van der Waals surface area contributed by atoms with Crippen molar-refractivity contribution in [2.24, 2.45) is 11.8 Å². The summed E-state index contributed by atoms with van der Waals surface area (Å²) in [6.07, 6.45) is 0. The maximum Gasteiger partial charge on any atom is 0.273 e. The van der Waals surface area contributed by atoms with Crippen LogP contribution in [0.25, 0.3) is 0 Å². The van der Waals surface area contributed by atoms with E-state index in [1.54, 1.807) is 6.07 Å². The predicted octanol–water partition coefficient (Wildman–Crippen LogP) is 2.35. The Morgan fingerprint density at radius 1 is 1.15 bits per heavy atom. The van der Waals surface area contributed by atoms with Crippen LogP contribution in [-0.2, 0) is 16.6 Å². The molecule has 5 nitrogen and oxygen atoms in total. The Bertz CT molecular complexity index is 506. The van der Waals surface area contributed by atoms with Gasteiger partial charge in [0.2, 0.25) is 5.09 Å². The fraction of sp³-hybridized carbons (Fsp3) is 0.714. The van der Waals surface area contributed by atoms with Crippen molar-refractivity contribution in [1.82, 2.24) is 10.0 Å². The number of furan rings is 1. The van der Waals surface area contributed by atoms with E-state index in [4.69, 9.17) is 4.42 Å². The lowest BCUT2D eigenvalue weighted by molar-refractivity contribution is 0.385. The second-order valence-electron chi connectivity index (χ2n) is 5.83. The van der Waals surface area contributed by atoms with Gasteiger partial charge in [0.25, 0.3) is 10.0 Å². The average Bonchev–Trinajstić information content (AvgIpc) is 2.82. The molecule has 0 aromatic carbocycles. The molecule has 0 fully saturated rings. The summed E-state index contributed by atoms with van der Waals surface area (Å²) in [6, 6.07) is 3.51.